The lowest BCUT2D eigenvalue weighted by Gasteiger charge is -2.16. The first-order valence-corrected chi connectivity index (χ1v) is 11.2. The van der Waals surface area contributed by atoms with E-state index < -0.39 is 12.4 Å². The number of pyridine rings is 2. The molecule has 1 saturated carbocycles. The summed E-state index contributed by atoms with van der Waals surface area (Å²) in [5.74, 6) is -0.288. The molecule has 0 saturated heterocycles. The summed E-state index contributed by atoms with van der Waals surface area (Å²) >= 11 is 1.23. The molecule has 2 N–H and O–H groups in total. The number of nitrogens with zero attached hydrogens (tertiary/aromatic N) is 5. The van der Waals surface area contributed by atoms with Crippen molar-refractivity contribution in [1.29, 1.82) is 0 Å². The average Bonchev–Trinajstić information content (AvgIpc) is 3.46. The van der Waals surface area contributed by atoms with Gasteiger partial charge >= 0.3 is 6.61 Å². The summed E-state index contributed by atoms with van der Waals surface area (Å²) in [6.07, 6.45) is 7.53. The topological polar surface area (TPSA) is 107 Å². The van der Waals surface area contributed by atoms with Crippen molar-refractivity contribution in [1.82, 2.24) is 24.5 Å². The normalized spacial score (nSPS) is 17.9. The highest BCUT2D eigenvalue weighted by atomic mass is 32.1. The lowest BCUT2D eigenvalue weighted by molar-refractivity contribution is -0.0503. The van der Waals surface area contributed by atoms with Gasteiger partial charge in [-0.05, 0) is 25.3 Å². The van der Waals surface area contributed by atoms with Crippen LogP contribution in [0.2, 0.25) is 0 Å². The van der Waals surface area contributed by atoms with Crippen LogP contribution in [0.5, 0.6) is 5.75 Å². The van der Waals surface area contributed by atoms with E-state index in [-0.39, 0.29) is 29.2 Å². The Morgan fingerprint density at radius 3 is 2.59 bits per heavy atom. The molecule has 4 aromatic rings. The van der Waals surface area contributed by atoms with Gasteiger partial charge in [-0.1, -0.05) is 0 Å². The van der Waals surface area contributed by atoms with Crippen molar-refractivity contribution in [2.24, 2.45) is 0 Å². The monoisotopic (exact) mass is 489 g/mol. The summed E-state index contributed by atoms with van der Waals surface area (Å²) in [7, 11) is 0. The minimum absolute atomic E-state index is 0.0198. The standard InChI is InChI=1S/C21H18F3N7O2S/c22-15-6-13(31-4-3-16-17(19(31)32)34-10-28-16)7-25-18(15)29-11-1-2-12(5-11)30-21-26-8-14(9-27-21)33-20(23)24/h3-4,6-12,20H,1-2,5H2,(H,25,29)(H,26,27,30)/t11-,12-/m0/s1. The number of halogens is 3. The summed E-state index contributed by atoms with van der Waals surface area (Å²) in [5.41, 5.74) is 2.24. The van der Waals surface area contributed by atoms with Gasteiger partial charge in [-0.2, -0.15) is 8.78 Å². The minimum Gasteiger partial charge on any atom is -0.432 e. The zero-order chi connectivity index (χ0) is 23.7. The number of anilines is 2. The number of ether oxygens (including phenoxy) is 1. The Hall–Kier alpha value is -3.74. The first-order valence-electron chi connectivity index (χ1n) is 10.4. The number of alkyl halides is 2. The second kappa shape index (κ2) is 9.25. The molecule has 9 nitrogen and oxygen atoms in total. The van der Waals surface area contributed by atoms with Crippen molar-refractivity contribution in [3.05, 3.63) is 58.6 Å². The van der Waals surface area contributed by atoms with Crippen molar-refractivity contribution in [2.45, 2.75) is 38.0 Å². The smallest absolute Gasteiger partial charge is 0.387 e. The Morgan fingerprint density at radius 1 is 1.09 bits per heavy atom. The van der Waals surface area contributed by atoms with Crippen molar-refractivity contribution in [2.75, 3.05) is 10.6 Å². The molecule has 2 atom stereocenters. The maximum absolute atomic E-state index is 14.8. The Bertz CT molecular complexity index is 1360. The summed E-state index contributed by atoms with van der Waals surface area (Å²) in [6.45, 7) is -2.94. The molecule has 34 heavy (non-hydrogen) atoms. The van der Waals surface area contributed by atoms with Crippen LogP contribution >= 0.6 is 11.3 Å². The Morgan fingerprint density at radius 2 is 1.85 bits per heavy atom. The van der Waals surface area contributed by atoms with Crippen LogP contribution < -0.4 is 20.9 Å². The van der Waals surface area contributed by atoms with Gasteiger partial charge in [0, 0.05) is 24.3 Å². The van der Waals surface area contributed by atoms with Crippen LogP contribution in [0, 0.1) is 5.82 Å². The molecule has 0 aliphatic heterocycles. The molecule has 5 rings (SSSR count). The molecular formula is C21H18F3N7O2S. The molecule has 0 bridgehead atoms. The number of thiazole rings is 1. The number of rotatable bonds is 7. The number of aromatic nitrogens is 5. The van der Waals surface area contributed by atoms with E-state index in [2.05, 4.69) is 35.3 Å². The zero-order valence-electron chi connectivity index (χ0n) is 17.5. The van der Waals surface area contributed by atoms with E-state index in [0.717, 1.165) is 12.8 Å². The molecule has 0 amide bonds. The first kappa shape index (κ1) is 22.1. The van der Waals surface area contributed by atoms with Gasteiger partial charge in [0.2, 0.25) is 5.95 Å². The number of nitrogens with one attached hydrogen (secondary N) is 2. The lowest BCUT2D eigenvalue weighted by Crippen LogP contribution is -2.23. The fraction of sp³-hybridized carbons (Fsp3) is 0.286. The van der Waals surface area contributed by atoms with Crippen LogP contribution in [-0.4, -0.2) is 43.2 Å². The molecule has 0 aromatic carbocycles. The number of fused-ring (bicyclic) bond motifs is 1. The van der Waals surface area contributed by atoms with Crippen molar-refractivity contribution in [3.63, 3.8) is 0 Å². The molecule has 1 aliphatic carbocycles. The predicted molar refractivity (Wildman–Crippen MR) is 120 cm³/mol. The van der Waals surface area contributed by atoms with Crippen LogP contribution in [0.3, 0.4) is 0 Å². The van der Waals surface area contributed by atoms with E-state index in [1.165, 1.54) is 40.6 Å². The Labute approximate surface area is 194 Å². The third-order valence-corrected chi connectivity index (χ3v) is 6.28. The maximum Gasteiger partial charge on any atom is 0.387 e. The quantitative estimate of drug-likeness (QED) is 0.404. The predicted octanol–water partition coefficient (Wildman–Crippen LogP) is 3.82. The van der Waals surface area contributed by atoms with Crippen LogP contribution in [0.15, 0.2) is 47.2 Å². The number of hydrogen-bond donors (Lipinski definition) is 2. The van der Waals surface area contributed by atoms with E-state index in [4.69, 9.17) is 0 Å². The molecule has 1 aliphatic rings. The van der Waals surface area contributed by atoms with Crippen LogP contribution in [-0.2, 0) is 0 Å². The molecule has 1 fully saturated rings. The molecule has 176 valence electrons. The van der Waals surface area contributed by atoms with Gasteiger partial charge in [0.15, 0.2) is 17.4 Å². The third-order valence-electron chi connectivity index (χ3n) is 5.45. The fourth-order valence-electron chi connectivity index (χ4n) is 3.90. The minimum atomic E-state index is -2.94. The van der Waals surface area contributed by atoms with Gasteiger partial charge < -0.3 is 15.4 Å². The number of hydrogen-bond acceptors (Lipinski definition) is 9. The lowest BCUT2D eigenvalue weighted by atomic mass is 10.2. The van der Waals surface area contributed by atoms with E-state index in [9.17, 15) is 18.0 Å². The Kier molecular flexibility index (Phi) is 6.01. The highest BCUT2D eigenvalue weighted by Gasteiger charge is 2.26. The Balaban J connectivity index is 1.22. The molecule has 0 spiro atoms. The first-order chi connectivity index (χ1) is 16.5. The highest BCUT2D eigenvalue weighted by molar-refractivity contribution is 7.16. The molecule has 0 unspecified atom stereocenters. The van der Waals surface area contributed by atoms with E-state index in [1.807, 2.05) is 0 Å². The van der Waals surface area contributed by atoms with E-state index >= 15 is 0 Å². The van der Waals surface area contributed by atoms with Crippen LogP contribution in [0.4, 0.5) is 24.9 Å². The van der Waals surface area contributed by atoms with Crippen LogP contribution in [0.1, 0.15) is 19.3 Å². The fourth-order valence-corrected chi connectivity index (χ4v) is 4.61. The van der Waals surface area contributed by atoms with Crippen molar-refractivity contribution < 1.29 is 17.9 Å². The zero-order valence-corrected chi connectivity index (χ0v) is 18.3. The summed E-state index contributed by atoms with van der Waals surface area (Å²) in [5, 5.41) is 6.25. The molecular weight excluding hydrogens is 471 g/mol. The molecule has 4 heterocycles. The largest absolute Gasteiger partial charge is 0.432 e. The van der Waals surface area contributed by atoms with Gasteiger partial charge in [0.05, 0.1) is 35.3 Å². The third kappa shape index (κ3) is 4.64. The summed E-state index contributed by atoms with van der Waals surface area (Å²) in [6, 6.07) is 2.95. The average molecular weight is 489 g/mol. The SMILES string of the molecule is O=c1c2scnc2ccn1-c1cnc(N[C@H]2CC[C@H](Nc3ncc(OC(F)F)cn3)C2)c(F)c1. The second-order valence-electron chi connectivity index (χ2n) is 7.70. The second-order valence-corrected chi connectivity index (χ2v) is 8.55. The van der Waals surface area contributed by atoms with Gasteiger partial charge in [0.25, 0.3) is 5.56 Å². The van der Waals surface area contributed by atoms with Gasteiger partial charge in [-0.3, -0.25) is 9.36 Å². The van der Waals surface area contributed by atoms with Gasteiger partial charge in [-0.15, -0.1) is 11.3 Å². The summed E-state index contributed by atoms with van der Waals surface area (Å²) in [4.78, 5) is 28.9. The molecule has 4 aromatic heterocycles. The molecule has 0 radical (unpaired) electrons. The van der Waals surface area contributed by atoms with E-state index in [1.54, 1.807) is 17.8 Å². The van der Waals surface area contributed by atoms with Gasteiger partial charge in [-0.25, -0.2) is 24.3 Å². The summed E-state index contributed by atoms with van der Waals surface area (Å²) < 4.78 is 45.3. The van der Waals surface area contributed by atoms with Gasteiger partial charge in [0.1, 0.15) is 4.70 Å². The molecule has 13 heteroatoms. The maximum atomic E-state index is 14.8. The van der Waals surface area contributed by atoms with Crippen molar-refractivity contribution >= 4 is 33.3 Å². The van der Waals surface area contributed by atoms with Crippen molar-refractivity contribution in [3.8, 4) is 11.4 Å². The van der Waals surface area contributed by atoms with E-state index in [0.29, 0.717) is 28.3 Å². The highest BCUT2D eigenvalue weighted by Crippen LogP contribution is 2.26. The van der Waals surface area contributed by atoms with Crippen LogP contribution in [0.25, 0.3) is 15.9 Å².